The minimum atomic E-state index is -1.00. The highest BCUT2D eigenvalue weighted by Gasteiger charge is 2.39. The van der Waals surface area contributed by atoms with Gasteiger partial charge in [-0.05, 0) is 24.3 Å². The van der Waals surface area contributed by atoms with Crippen molar-refractivity contribution in [2.45, 2.75) is 76.5 Å². The number of aromatic nitrogens is 4. The van der Waals surface area contributed by atoms with Crippen molar-refractivity contribution in [3.63, 3.8) is 0 Å². The lowest BCUT2D eigenvalue weighted by molar-refractivity contribution is -0.142. The average Bonchev–Trinajstić information content (AvgIpc) is 3.79. The van der Waals surface area contributed by atoms with Gasteiger partial charge in [-0.1, -0.05) is 44.2 Å². The van der Waals surface area contributed by atoms with Gasteiger partial charge in [0.15, 0.2) is 0 Å². The third kappa shape index (κ3) is 9.09. The zero-order valence-corrected chi connectivity index (χ0v) is 25.0. The largest absolute Gasteiger partial charge is 0.348 e. The second kappa shape index (κ2) is 15.6. The molecule has 3 heterocycles. The van der Waals surface area contributed by atoms with Gasteiger partial charge in [-0.15, -0.1) is 0 Å². The van der Waals surface area contributed by atoms with Crippen LogP contribution in [-0.2, 0) is 43.2 Å². The van der Waals surface area contributed by atoms with E-state index in [1.165, 1.54) is 17.6 Å². The van der Waals surface area contributed by atoms with Gasteiger partial charge in [0.05, 0.1) is 18.7 Å². The highest BCUT2D eigenvalue weighted by Crippen LogP contribution is 2.20. The van der Waals surface area contributed by atoms with E-state index in [4.69, 9.17) is 0 Å². The fourth-order valence-electron chi connectivity index (χ4n) is 5.32. The summed E-state index contributed by atoms with van der Waals surface area (Å²) in [5.41, 5.74) is 2.17. The van der Waals surface area contributed by atoms with Crippen molar-refractivity contribution in [1.29, 1.82) is 0 Å². The molecule has 1 fully saturated rings. The lowest BCUT2D eigenvalue weighted by Gasteiger charge is -2.30. The minimum Gasteiger partial charge on any atom is -0.348 e. The Bertz CT molecular complexity index is 1380. The van der Waals surface area contributed by atoms with Crippen molar-refractivity contribution < 1.29 is 24.0 Å². The van der Waals surface area contributed by atoms with Gasteiger partial charge in [-0.3, -0.25) is 19.2 Å². The van der Waals surface area contributed by atoms with Gasteiger partial charge in [0.1, 0.15) is 24.4 Å². The van der Waals surface area contributed by atoms with Crippen LogP contribution < -0.4 is 16.0 Å². The Morgan fingerprint density at radius 1 is 0.932 bits per heavy atom. The first-order valence-electron chi connectivity index (χ1n) is 14.9. The minimum absolute atomic E-state index is 0.106. The fourth-order valence-corrected chi connectivity index (χ4v) is 5.32. The van der Waals surface area contributed by atoms with Gasteiger partial charge in [-0.25, -0.2) is 9.97 Å². The molecule has 1 saturated heterocycles. The summed E-state index contributed by atoms with van der Waals surface area (Å²) < 4.78 is 0. The molecule has 4 rings (SSSR count). The monoisotopic (exact) mass is 604 g/mol. The number of hydrogen-bond acceptors (Lipinski definition) is 7. The summed E-state index contributed by atoms with van der Waals surface area (Å²) in [7, 11) is 0. The Balaban J connectivity index is 1.49. The van der Waals surface area contributed by atoms with Crippen molar-refractivity contribution in [3.8, 4) is 0 Å². The summed E-state index contributed by atoms with van der Waals surface area (Å²) in [6.07, 6.45) is 8.64. The number of rotatable bonds is 15. The molecule has 1 aliphatic heterocycles. The topological polar surface area (TPSA) is 182 Å². The second-order valence-electron chi connectivity index (χ2n) is 11.5. The van der Waals surface area contributed by atoms with Gasteiger partial charge < -0.3 is 35.6 Å². The Hall–Kier alpha value is -4.81. The summed E-state index contributed by atoms with van der Waals surface area (Å²) in [6, 6.07) is 5.66. The highest BCUT2D eigenvalue weighted by molar-refractivity contribution is 5.95. The molecule has 0 bridgehead atoms. The summed E-state index contributed by atoms with van der Waals surface area (Å²) in [5.74, 6) is -1.52. The van der Waals surface area contributed by atoms with Crippen LogP contribution in [0.3, 0.4) is 0 Å². The standard InChI is InChI=1S/C31H40N8O5/c1-20(2)11-28(41)37-26(14-23-16-33-19-35-23)31(44)39-10-6-9-27(39)30(43)38-25(12-21-7-4-3-5-8-21)29(42)36-24(17-40)13-22-15-32-18-34-22/h3-5,7-8,15-20,24-27H,6,9-14H2,1-2H3,(H,32,34)(H,33,35)(H,36,42)(H,37,41)(H,38,43)/t24-,25-,26-,27-/m0/s1. The maximum atomic E-state index is 13.8. The number of aromatic amines is 2. The molecular weight excluding hydrogens is 564 g/mol. The Kier molecular flexibility index (Phi) is 11.4. The molecule has 234 valence electrons. The maximum absolute atomic E-state index is 13.8. The van der Waals surface area contributed by atoms with Gasteiger partial charge in [0.2, 0.25) is 23.6 Å². The molecule has 0 aliphatic carbocycles. The van der Waals surface area contributed by atoms with Crippen LogP contribution in [0.1, 0.15) is 50.1 Å². The number of amides is 4. The number of likely N-dealkylation sites (tertiary alicyclic amines) is 1. The quantitative estimate of drug-likeness (QED) is 0.159. The smallest absolute Gasteiger partial charge is 0.246 e. The average molecular weight is 605 g/mol. The molecule has 1 aliphatic rings. The van der Waals surface area contributed by atoms with E-state index in [1.54, 1.807) is 12.4 Å². The zero-order chi connectivity index (χ0) is 31.5. The first-order chi connectivity index (χ1) is 21.2. The summed E-state index contributed by atoms with van der Waals surface area (Å²) in [6.45, 7) is 4.18. The van der Waals surface area contributed by atoms with Crippen LogP contribution in [-0.4, -0.2) is 85.5 Å². The SMILES string of the molecule is CC(C)CC(=O)N[C@@H](Cc1cnc[nH]1)C(=O)N1CCC[C@H]1C(=O)N[C@@H](Cc1ccccc1)C(=O)N[C@H](C=O)Cc1cnc[nH]1. The first-order valence-corrected chi connectivity index (χ1v) is 14.9. The van der Waals surface area contributed by atoms with E-state index in [0.717, 1.165) is 5.56 Å². The van der Waals surface area contributed by atoms with Crippen molar-refractivity contribution in [1.82, 2.24) is 40.8 Å². The van der Waals surface area contributed by atoms with E-state index < -0.39 is 36.0 Å². The van der Waals surface area contributed by atoms with Gasteiger partial charge in [0, 0.05) is 56.0 Å². The first kappa shape index (κ1) is 32.1. The van der Waals surface area contributed by atoms with E-state index in [9.17, 15) is 24.0 Å². The number of nitrogens with zero attached hydrogens (tertiary/aromatic N) is 3. The van der Waals surface area contributed by atoms with Crippen LogP contribution in [0.5, 0.6) is 0 Å². The lowest BCUT2D eigenvalue weighted by atomic mass is 10.0. The fraction of sp³-hybridized carbons (Fsp3) is 0.452. The number of carbonyl (C=O) groups is 5. The van der Waals surface area contributed by atoms with Crippen LogP contribution >= 0.6 is 0 Å². The predicted octanol–water partition coefficient (Wildman–Crippen LogP) is 0.851. The van der Waals surface area contributed by atoms with Crippen LogP contribution in [0, 0.1) is 5.92 Å². The normalized spacial score (nSPS) is 16.6. The Morgan fingerprint density at radius 2 is 1.61 bits per heavy atom. The molecule has 2 aromatic heterocycles. The van der Waals surface area contributed by atoms with Crippen molar-refractivity contribution in [2.75, 3.05) is 6.54 Å². The predicted molar refractivity (Wildman–Crippen MR) is 161 cm³/mol. The van der Waals surface area contributed by atoms with E-state index >= 15 is 0 Å². The molecule has 3 aromatic rings. The molecule has 5 N–H and O–H groups in total. The van der Waals surface area contributed by atoms with Gasteiger partial charge in [-0.2, -0.15) is 0 Å². The summed E-state index contributed by atoms with van der Waals surface area (Å²) in [5, 5.41) is 8.42. The van der Waals surface area contributed by atoms with Gasteiger partial charge in [0.25, 0.3) is 0 Å². The van der Waals surface area contributed by atoms with Crippen LogP contribution in [0.25, 0.3) is 0 Å². The number of H-pyrrole nitrogens is 2. The lowest BCUT2D eigenvalue weighted by Crippen LogP contribution is -2.57. The van der Waals surface area contributed by atoms with E-state index in [0.29, 0.717) is 37.1 Å². The molecule has 0 unspecified atom stereocenters. The highest BCUT2D eigenvalue weighted by atomic mass is 16.2. The molecule has 0 saturated carbocycles. The number of nitrogens with one attached hydrogen (secondary N) is 5. The number of imidazole rings is 2. The Labute approximate surface area is 256 Å². The number of carbonyl (C=O) groups excluding carboxylic acids is 5. The van der Waals surface area contributed by atoms with Crippen molar-refractivity contribution in [3.05, 3.63) is 72.3 Å². The van der Waals surface area contributed by atoms with Gasteiger partial charge >= 0.3 is 0 Å². The Morgan fingerprint density at radius 3 is 2.23 bits per heavy atom. The van der Waals surface area contributed by atoms with E-state index in [-0.39, 0.29) is 43.4 Å². The molecule has 13 heteroatoms. The molecule has 13 nitrogen and oxygen atoms in total. The maximum Gasteiger partial charge on any atom is 0.246 e. The molecule has 4 atom stereocenters. The number of aldehydes is 1. The molecule has 0 spiro atoms. The molecule has 0 radical (unpaired) electrons. The number of hydrogen-bond donors (Lipinski definition) is 5. The van der Waals surface area contributed by atoms with E-state index in [2.05, 4.69) is 35.9 Å². The molecular formula is C31H40N8O5. The van der Waals surface area contributed by atoms with Crippen LogP contribution in [0.4, 0.5) is 0 Å². The molecule has 44 heavy (non-hydrogen) atoms. The number of benzene rings is 1. The zero-order valence-electron chi connectivity index (χ0n) is 25.0. The third-order valence-electron chi connectivity index (χ3n) is 7.45. The van der Waals surface area contributed by atoms with Crippen LogP contribution in [0.2, 0.25) is 0 Å². The second-order valence-corrected chi connectivity index (χ2v) is 11.5. The summed E-state index contributed by atoms with van der Waals surface area (Å²) in [4.78, 5) is 80.8. The third-order valence-corrected chi connectivity index (χ3v) is 7.45. The molecule has 4 amide bonds. The van der Waals surface area contributed by atoms with Crippen LogP contribution in [0.15, 0.2) is 55.4 Å². The van der Waals surface area contributed by atoms with Crippen molar-refractivity contribution >= 4 is 29.9 Å². The van der Waals surface area contributed by atoms with E-state index in [1.807, 2.05) is 44.2 Å². The summed E-state index contributed by atoms with van der Waals surface area (Å²) >= 11 is 0. The molecule has 1 aromatic carbocycles. The van der Waals surface area contributed by atoms with Crippen molar-refractivity contribution in [2.24, 2.45) is 5.92 Å².